The zero-order valence-electron chi connectivity index (χ0n) is 10.9. The first-order chi connectivity index (χ1) is 9.49. The molecule has 2 rings (SSSR count). The second kappa shape index (κ2) is 6.60. The van der Waals surface area contributed by atoms with Gasteiger partial charge < -0.3 is 44.5 Å². The van der Waals surface area contributed by atoms with E-state index in [1.54, 1.807) is 0 Å². The molecule has 0 aromatic carbocycles. The Morgan fingerprint density at radius 1 is 0.950 bits per heavy atom. The van der Waals surface area contributed by atoms with E-state index < -0.39 is 55.8 Å². The van der Waals surface area contributed by atoms with Crippen molar-refractivity contribution in [3.63, 3.8) is 0 Å². The fraction of sp³-hybridized carbons (Fsp3) is 1.00. The van der Waals surface area contributed by atoms with Crippen molar-refractivity contribution in [3.05, 3.63) is 0 Å². The number of aliphatic hydroxyl groups is 5. The van der Waals surface area contributed by atoms with Gasteiger partial charge in [0.05, 0.1) is 13.2 Å². The molecule has 0 aromatic heterocycles. The first-order valence-corrected chi connectivity index (χ1v) is 6.28. The lowest BCUT2D eigenvalue weighted by atomic mass is 10.1. The van der Waals surface area contributed by atoms with Gasteiger partial charge >= 0.3 is 0 Å². The van der Waals surface area contributed by atoms with Crippen molar-refractivity contribution in [1.82, 2.24) is 0 Å². The molecule has 2 aliphatic heterocycles. The summed E-state index contributed by atoms with van der Waals surface area (Å²) >= 11 is 0. The maximum absolute atomic E-state index is 9.82. The predicted molar refractivity (Wildman–Crippen MR) is 61.4 cm³/mol. The monoisotopic (exact) mass is 296 g/mol. The van der Waals surface area contributed by atoms with Gasteiger partial charge in [-0.2, -0.15) is 0 Å². The zero-order valence-corrected chi connectivity index (χ0v) is 10.9. The molecule has 118 valence electrons. The van der Waals surface area contributed by atoms with Crippen LogP contribution in [0.1, 0.15) is 0 Å². The molecule has 0 saturated carbocycles. The summed E-state index contributed by atoms with van der Waals surface area (Å²) in [5.41, 5.74) is 0. The molecule has 0 bridgehead atoms. The van der Waals surface area contributed by atoms with E-state index in [9.17, 15) is 20.4 Å². The third-order valence-corrected chi connectivity index (χ3v) is 3.43. The molecule has 2 saturated heterocycles. The minimum absolute atomic E-state index is 0.0634. The third kappa shape index (κ3) is 2.96. The highest BCUT2D eigenvalue weighted by Crippen LogP contribution is 2.29. The van der Waals surface area contributed by atoms with Crippen LogP contribution >= 0.6 is 0 Å². The highest BCUT2D eigenvalue weighted by Gasteiger charge is 2.50. The van der Waals surface area contributed by atoms with Crippen LogP contribution in [0.5, 0.6) is 0 Å². The molecular formula is C11H20O9. The summed E-state index contributed by atoms with van der Waals surface area (Å²) < 4.78 is 20.3. The van der Waals surface area contributed by atoms with Crippen LogP contribution in [0.25, 0.3) is 0 Å². The summed E-state index contributed by atoms with van der Waals surface area (Å²) in [6.45, 7) is -0.417. The Morgan fingerprint density at radius 2 is 1.65 bits per heavy atom. The quantitative estimate of drug-likeness (QED) is 0.350. The SMILES string of the molecule is COC[C@H]1O[C@H](O[C@H]2[C@H](O)[C@@H](O)O[C@@H]2CO)[C@@H](O)[C@@H]1O. The highest BCUT2D eigenvalue weighted by atomic mass is 16.7. The molecule has 0 aromatic rings. The lowest BCUT2D eigenvalue weighted by molar-refractivity contribution is -0.215. The Bertz CT molecular complexity index is 314. The van der Waals surface area contributed by atoms with E-state index in [1.165, 1.54) is 7.11 Å². The van der Waals surface area contributed by atoms with Crippen LogP contribution in [0.4, 0.5) is 0 Å². The van der Waals surface area contributed by atoms with Crippen LogP contribution in [0.2, 0.25) is 0 Å². The molecule has 0 spiro atoms. The summed E-state index contributed by atoms with van der Waals surface area (Å²) in [5.74, 6) is 0. The van der Waals surface area contributed by atoms with Gasteiger partial charge in [0.15, 0.2) is 12.6 Å². The first-order valence-electron chi connectivity index (χ1n) is 6.28. The number of rotatable bonds is 5. The molecule has 0 radical (unpaired) electrons. The normalized spacial score (nSPS) is 48.9. The van der Waals surface area contributed by atoms with Gasteiger partial charge in [0.2, 0.25) is 0 Å². The smallest absolute Gasteiger partial charge is 0.187 e. The lowest BCUT2D eigenvalue weighted by Gasteiger charge is -2.24. The first kappa shape index (κ1) is 16.0. The van der Waals surface area contributed by atoms with Gasteiger partial charge in [-0.25, -0.2) is 0 Å². The minimum Gasteiger partial charge on any atom is -0.394 e. The van der Waals surface area contributed by atoms with E-state index in [0.717, 1.165) is 0 Å². The molecule has 0 amide bonds. The second-order valence-corrected chi connectivity index (χ2v) is 4.82. The second-order valence-electron chi connectivity index (χ2n) is 4.82. The Balaban J connectivity index is 1.99. The van der Waals surface area contributed by atoms with Crippen molar-refractivity contribution >= 4 is 0 Å². The van der Waals surface area contributed by atoms with Crippen molar-refractivity contribution in [2.24, 2.45) is 0 Å². The average Bonchev–Trinajstić information content (AvgIpc) is 2.85. The van der Waals surface area contributed by atoms with Crippen molar-refractivity contribution in [1.29, 1.82) is 0 Å². The molecule has 0 unspecified atom stereocenters. The van der Waals surface area contributed by atoms with E-state index in [-0.39, 0.29) is 6.61 Å². The van der Waals surface area contributed by atoms with Gasteiger partial charge in [0.25, 0.3) is 0 Å². The Hall–Kier alpha value is -0.360. The Kier molecular flexibility index (Phi) is 5.29. The summed E-state index contributed by atoms with van der Waals surface area (Å²) in [6, 6.07) is 0. The van der Waals surface area contributed by atoms with Crippen LogP contribution in [0.3, 0.4) is 0 Å². The molecule has 0 aliphatic carbocycles. The maximum atomic E-state index is 9.82. The van der Waals surface area contributed by atoms with Crippen LogP contribution in [0, 0.1) is 0 Å². The standard InChI is InChI=1S/C11H20O9/c1-17-3-5-6(13)7(14)11(19-5)20-9-4(2-12)18-10(16)8(9)15/h4-16H,2-3H2,1H3/t4-,5-,6-,7+,8+,9-,10+,11-/m1/s1. The van der Waals surface area contributed by atoms with Crippen LogP contribution in [0.15, 0.2) is 0 Å². The molecule has 2 aliphatic rings. The largest absolute Gasteiger partial charge is 0.394 e. The van der Waals surface area contributed by atoms with Crippen molar-refractivity contribution in [2.45, 2.75) is 49.2 Å². The molecule has 8 atom stereocenters. The van der Waals surface area contributed by atoms with Crippen LogP contribution in [-0.4, -0.2) is 95.1 Å². The Morgan fingerprint density at radius 3 is 2.25 bits per heavy atom. The van der Waals surface area contributed by atoms with Crippen molar-refractivity contribution in [3.8, 4) is 0 Å². The molecule has 9 nitrogen and oxygen atoms in total. The molecule has 2 fully saturated rings. The van der Waals surface area contributed by atoms with Crippen molar-refractivity contribution < 1.29 is 44.5 Å². The van der Waals surface area contributed by atoms with E-state index in [2.05, 4.69) is 0 Å². The summed E-state index contributed by atoms with van der Waals surface area (Å²) in [4.78, 5) is 0. The third-order valence-electron chi connectivity index (χ3n) is 3.43. The van der Waals surface area contributed by atoms with Crippen LogP contribution < -0.4 is 0 Å². The van der Waals surface area contributed by atoms with Gasteiger partial charge in [0.1, 0.15) is 36.6 Å². The van der Waals surface area contributed by atoms with E-state index in [0.29, 0.717) is 0 Å². The molecule has 9 heteroatoms. The predicted octanol–water partition coefficient (Wildman–Crippen LogP) is -3.46. The Labute approximate surface area is 115 Å². The number of hydrogen-bond donors (Lipinski definition) is 5. The molecular weight excluding hydrogens is 276 g/mol. The van der Waals surface area contributed by atoms with Gasteiger partial charge in [-0.1, -0.05) is 0 Å². The number of aliphatic hydroxyl groups excluding tert-OH is 5. The average molecular weight is 296 g/mol. The number of ether oxygens (including phenoxy) is 4. The highest BCUT2D eigenvalue weighted by molar-refractivity contribution is 4.91. The van der Waals surface area contributed by atoms with Gasteiger partial charge in [-0.05, 0) is 0 Å². The van der Waals surface area contributed by atoms with Crippen LogP contribution in [-0.2, 0) is 18.9 Å². The molecule has 20 heavy (non-hydrogen) atoms. The topological polar surface area (TPSA) is 138 Å². The molecule has 5 N–H and O–H groups in total. The summed E-state index contributed by atoms with van der Waals surface area (Å²) in [6.07, 6.45) is -9.42. The zero-order chi connectivity index (χ0) is 14.9. The summed E-state index contributed by atoms with van der Waals surface area (Å²) in [5, 5.41) is 47.7. The van der Waals surface area contributed by atoms with E-state index in [4.69, 9.17) is 24.1 Å². The summed E-state index contributed by atoms with van der Waals surface area (Å²) in [7, 11) is 1.42. The van der Waals surface area contributed by atoms with E-state index >= 15 is 0 Å². The number of methoxy groups -OCH3 is 1. The fourth-order valence-electron chi connectivity index (χ4n) is 2.32. The minimum atomic E-state index is -1.49. The maximum Gasteiger partial charge on any atom is 0.187 e. The van der Waals surface area contributed by atoms with Crippen molar-refractivity contribution in [2.75, 3.05) is 20.3 Å². The van der Waals surface area contributed by atoms with Gasteiger partial charge in [-0.15, -0.1) is 0 Å². The lowest BCUT2D eigenvalue weighted by Crippen LogP contribution is -2.43. The fourth-order valence-corrected chi connectivity index (χ4v) is 2.32. The molecule has 2 heterocycles. The van der Waals surface area contributed by atoms with Gasteiger partial charge in [-0.3, -0.25) is 0 Å². The van der Waals surface area contributed by atoms with E-state index in [1.807, 2.05) is 0 Å². The van der Waals surface area contributed by atoms with Gasteiger partial charge in [0, 0.05) is 7.11 Å². The number of hydrogen-bond acceptors (Lipinski definition) is 9.